The molecule has 1 amide bonds. The van der Waals surface area contributed by atoms with E-state index in [2.05, 4.69) is 12.2 Å². The zero-order valence-corrected chi connectivity index (χ0v) is 15.9. The van der Waals surface area contributed by atoms with Crippen molar-refractivity contribution in [3.05, 3.63) is 24.2 Å². The van der Waals surface area contributed by atoms with Crippen LogP contribution in [0.1, 0.15) is 82.7 Å². The second-order valence-electron chi connectivity index (χ2n) is 6.92. The van der Waals surface area contributed by atoms with Gasteiger partial charge in [0.25, 0.3) is 5.91 Å². The number of nitrogens with one attached hydrogen (secondary N) is 1. The summed E-state index contributed by atoms with van der Waals surface area (Å²) in [7, 11) is 0. The van der Waals surface area contributed by atoms with Gasteiger partial charge in [0.1, 0.15) is 6.04 Å². The highest BCUT2D eigenvalue weighted by molar-refractivity contribution is 5.94. The first-order valence-electron chi connectivity index (χ1n) is 9.55. The van der Waals surface area contributed by atoms with Crippen molar-refractivity contribution in [2.45, 2.75) is 78.2 Å². The number of amides is 1. The van der Waals surface area contributed by atoms with Crippen LogP contribution in [-0.2, 0) is 9.53 Å². The normalized spacial score (nSPS) is 12.2. The predicted octanol–water partition coefficient (Wildman–Crippen LogP) is 4.72. The van der Waals surface area contributed by atoms with Crippen LogP contribution >= 0.6 is 0 Å². The highest BCUT2D eigenvalue weighted by Gasteiger charge is 2.24. The third-order valence-corrected chi connectivity index (χ3v) is 4.03. The minimum atomic E-state index is -0.637. The number of carbonyl (C=O) groups is 2. The van der Waals surface area contributed by atoms with E-state index in [1.54, 1.807) is 12.1 Å². The Balaban J connectivity index is 2.32. The zero-order chi connectivity index (χ0) is 18.5. The van der Waals surface area contributed by atoms with Gasteiger partial charge in [-0.1, -0.05) is 59.3 Å². The van der Waals surface area contributed by atoms with E-state index in [4.69, 9.17) is 9.15 Å². The number of hydrogen-bond acceptors (Lipinski definition) is 4. The van der Waals surface area contributed by atoms with Crippen molar-refractivity contribution in [2.75, 3.05) is 6.61 Å². The van der Waals surface area contributed by atoms with Gasteiger partial charge in [0, 0.05) is 0 Å². The molecule has 0 aliphatic rings. The lowest BCUT2D eigenvalue weighted by molar-refractivity contribution is -0.146. The van der Waals surface area contributed by atoms with Crippen LogP contribution in [0.3, 0.4) is 0 Å². The Morgan fingerprint density at radius 2 is 1.80 bits per heavy atom. The van der Waals surface area contributed by atoms with E-state index in [-0.39, 0.29) is 23.6 Å². The van der Waals surface area contributed by atoms with E-state index in [1.807, 2.05) is 13.8 Å². The quantitative estimate of drug-likeness (QED) is 0.412. The fourth-order valence-electron chi connectivity index (χ4n) is 2.66. The number of hydrogen-bond donors (Lipinski definition) is 1. The molecule has 5 nitrogen and oxygen atoms in total. The minimum absolute atomic E-state index is 0.202. The van der Waals surface area contributed by atoms with E-state index < -0.39 is 6.04 Å². The van der Waals surface area contributed by atoms with Gasteiger partial charge in [-0.2, -0.15) is 0 Å². The molecule has 0 radical (unpaired) electrons. The monoisotopic (exact) mass is 351 g/mol. The lowest BCUT2D eigenvalue weighted by Crippen LogP contribution is -2.42. The third kappa shape index (κ3) is 9.32. The average Bonchev–Trinajstić information content (AvgIpc) is 3.10. The molecule has 5 heteroatoms. The van der Waals surface area contributed by atoms with Gasteiger partial charge in [0.2, 0.25) is 0 Å². The largest absolute Gasteiger partial charge is 0.464 e. The Hall–Kier alpha value is -1.78. The summed E-state index contributed by atoms with van der Waals surface area (Å²) in [6.07, 6.45) is 10.2. The summed E-state index contributed by atoms with van der Waals surface area (Å²) >= 11 is 0. The highest BCUT2D eigenvalue weighted by Crippen LogP contribution is 2.10. The average molecular weight is 351 g/mol. The number of carbonyl (C=O) groups excluding carboxylic acids is 2. The van der Waals surface area contributed by atoms with Crippen molar-refractivity contribution in [1.29, 1.82) is 0 Å². The fraction of sp³-hybridized carbons (Fsp3) is 0.700. The smallest absolute Gasteiger partial charge is 0.328 e. The van der Waals surface area contributed by atoms with Crippen LogP contribution in [0, 0.1) is 5.92 Å². The van der Waals surface area contributed by atoms with Crippen molar-refractivity contribution in [3.8, 4) is 0 Å². The molecule has 1 aromatic heterocycles. The molecule has 25 heavy (non-hydrogen) atoms. The van der Waals surface area contributed by atoms with Crippen molar-refractivity contribution in [2.24, 2.45) is 5.92 Å². The molecular weight excluding hydrogens is 318 g/mol. The second kappa shape index (κ2) is 12.6. The molecule has 1 heterocycles. The summed E-state index contributed by atoms with van der Waals surface area (Å²) in [5, 5.41) is 2.72. The van der Waals surface area contributed by atoms with Crippen molar-refractivity contribution >= 4 is 11.9 Å². The van der Waals surface area contributed by atoms with Gasteiger partial charge < -0.3 is 14.5 Å². The molecule has 1 atom stereocenters. The Morgan fingerprint density at radius 3 is 2.40 bits per heavy atom. The molecule has 1 N–H and O–H groups in total. The van der Waals surface area contributed by atoms with E-state index >= 15 is 0 Å². The van der Waals surface area contributed by atoms with Gasteiger partial charge in [-0.3, -0.25) is 4.79 Å². The predicted molar refractivity (Wildman–Crippen MR) is 98.4 cm³/mol. The lowest BCUT2D eigenvalue weighted by atomic mass is 10.0. The fourth-order valence-corrected chi connectivity index (χ4v) is 2.66. The van der Waals surface area contributed by atoms with Crippen LogP contribution in [0.2, 0.25) is 0 Å². The Kier molecular flexibility index (Phi) is 10.7. The van der Waals surface area contributed by atoms with Crippen LogP contribution in [0.25, 0.3) is 0 Å². The summed E-state index contributed by atoms with van der Waals surface area (Å²) in [4.78, 5) is 24.4. The summed E-state index contributed by atoms with van der Waals surface area (Å²) in [5.41, 5.74) is 0. The number of ether oxygens (including phenoxy) is 1. The number of furan rings is 1. The standard InChI is InChI=1S/C20H33NO4/c1-4-5-6-7-8-9-10-13-25-20(23)17(15-16(2)3)21-19(22)18-12-11-14-24-18/h11-12,14,16-17H,4-10,13,15H2,1-3H3,(H,21,22). The SMILES string of the molecule is CCCCCCCCCOC(=O)C(CC(C)C)NC(=O)c1ccco1. The summed E-state index contributed by atoms with van der Waals surface area (Å²) in [6.45, 7) is 6.64. The highest BCUT2D eigenvalue weighted by atomic mass is 16.5. The molecule has 0 fully saturated rings. The van der Waals surface area contributed by atoms with E-state index in [0.29, 0.717) is 13.0 Å². The Morgan fingerprint density at radius 1 is 1.12 bits per heavy atom. The van der Waals surface area contributed by atoms with E-state index in [0.717, 1.165) is 12.8 Å². The van der Waals surface area contributed by atoms with Crippen LogP contribution in [0.5, 0.6) is 0 Å². The summed E-state index contributed by atoms with van der Waals surface area (Å²) in [5.74, 6) is -0.273. The molecule has 0 saturated carbocycles. The molecule has 0 saturated heterocycles. The maximum Gasteiger partial charge on any atom is 0.328 e. The minimum Gasteiger partial charge on any atom is -0.464 e. The molecule has 0 aliphatic carbocycles. The van der Waals surface area contributed by atoms with Gasteiger partial charge in [-0.15, -0.1) is 0 Å². The number of rotatable bonds is 13. The summed E-state index contributed by atoms with van der Waals surface area (Å²) < 4.78 is 10.4. The number of esters is 1. The van der Waals surface area contributed by atoms with Crippen LogP contribution in [0.4, 0.5) is 0 Å². The van der Waals surface area contributed by atoms with Crippen molar-refractivity contribution in [1.82, 2.24) is 5.32 Å². The van der Waals surface area contributed by atoms with Gasteiger partial charge in [0.15, 0.2) is 5.76 Å². The second-order valence-corrected chi connectivity index (χ2v) is 6.92. The maximum absolute atomic E-state index is 12.3. The lowest BCUT2D eigenvalue weighted by Gasteiger charge is -2.19. The number of unbranched alkanes of at least 4 members (excludes halogenated alkanes) is 6. The first-order valence-corrected chi connectivity index (χ1v) is 9.55. The van der Waals surface area contributed by atoms with Crippen LogP contribution < -0.4 is 5.32 Å². The van der Waals surface area contributed by atoms with E-state index in [9.17, 15) is 9.59 Å². The molecule has 0 bridgehead atoms. The van der Waals surface area contributed by atoms with Crippen molar-refractivity contribution in [3.63, 3.8) is 0 Å². The molecular formula is C20H33NO4. The molecule has 0 spiro atoms. The van der Waals surface area contributed by atoms with Gasteiger partial charge in [-0.25, -0.2) is 4.79 Å². The van der Waals surface area contributed by atoms with Crippen LogP contribution in [-0.4, -0.2) is 24.5 Å². The van der Waals surface area contributed by atoms with Gasteiger partial charge in [0.05, 0.1) is 12.9 Å². The first-order chi connectivity index (χ1) is 12.0. The molecule has 142 valence electrons. The Bertz CT molecular complexity index is 482. The Labute approximate surface area is 151 Å². The maximum atomic E-state index is 12.3. The van der Waals surface area contributed by atoms with Crippen molar-refractivity contribution < 1.29 is 18.7 Å². The topological polar surface area (TPSA) is 68.5 Å². The molecule has 1 rings (SSSR count). The molecule has 0 aromatic carbocycles. The third-order valence-electron chi connectivity index (χ3n) is 4.03. The zero-order valence-electron chi connectivity index (χ0n) is 15.9. The van der Waals surface area contributed by atoms with Gasteiger partial charge >= 0.3 is 5.97 Å². The van der Waals surface area contributed by atoms with E-state index in [1.165, 1.54) is 38.4 Å². The molecule has 1 unspecified atom stereocenters. The van der Waals surface area contributed by atoms with Gasteiger partial charge in [-0.05, 0) is 30.9 Å². The molecule has 0 aliphatic heterocycles. The van der Waals surface area contributed by atoms with Crippen LogP contribution in [0.15, 0.2) is 22.8 Å². The molecule has 1 aromatic rings. The summed E-state index contributed by atoms with van der Waals surface area (Å²) in [6, 6.07) is 2.58. The first kappa shape index (κ1) is 21.3.